The highest BCUT2D eigenvalue weighted by Gasteiger charge is 2.18. The Hall–Kier alpha value is -3.36. The highest BCUT2D eigenvalue weighted by Crippen LogP contribution is 2.13. The number of hydrogen-bond donors (Lipinski definition) is 4. The van der Waals surface area contributed by atoms with E-state index in [-0.39, 0.29) is 24.3 Å². The molecule has 4 N–H and O–H groups in total. The van der Waals surface area contributed by atoms with Crippen molar-refractivity contribution in [1.29, 1.82) is 0 Å². The number of H-pyrrole nitrogens is 1. The summed E-state index contributed by atoms with van der Waals surface area (Å²) >= 11 is 0. The molecule has 0 spiro atoms. The number of carboxylic acid groups (broad SMARTS) is 1. The van der Waals surface area contributed by atoms with Crippen LogP contribution in [-0.2, 0) is 17.8 Å². The minimum atomic E-state index is -1.22. The van der Waals surface area contributed by atoms with E-state index in [4.69, 9.17) is 0 Å². The van der Waals surface area contributed by atoms with Gasteiger partial charge in [-0.3, -0.25) is 19.3 Å². The van der Waals surface area contributed by atoms with Crippen LogP contribution in [0.2, 0.25) is 0 Å². The zero-order valence-corrected chi connectivity index (χ0v) is 13.3. The average molecular weight is 347 g/mol. The maximum absolute atomic E-state index is 11.8. The molecular weight excluding hydrogens is 330 g/mol. The molecule has 2 aromatic rings. The SMILES string of the molecule is CCn1c(O)c(C=N[C@@H](Cc2ccc(O)cc2)C(=O)O)c(=O)[nH]c1=O. The summed E-state index contributed by atoms with van der Waals surface area (Å²) in [4.78, 5) is 40.6. The topological polar surface area (TPSA) is 145 Å². The molecule has 1 atom stereocenters. The van der Waals surface area contributed by atoms with Gasteiger partial charge in [-0.1, -0.05) is 12.1 Å². The number of aliphatic imine (C=N–C) groups is 1. The van der Waals surface area contributed by atoms with Gasteiger partial charge in [0.2, 0.25) is 5.88 Å². The number of phenols is 1. The van der Waals surface area contributed by atoms with Gasteiger partial charge >= 0.3 is 11.7 Å². The van der Waals surface area contributed by atoms with Gasteiger partial charge in [0.05, 0.1) is 0 Å². The van der Waals surface area contributed by atoms with Gasteiger partial charge in [-0.2, -0.15) is 0 Å². The van der Waals surface area contributed by atoms with Crippen molar-refractivity contribution in [3.63, 3.8) is 0 Å². The number of benzene rings is 1. The average Bonchev–Trinajstić information content (AvgIpc) is 2.55. The fourth-order valence-corrected chi connectivity index (χ4v) is 2.21. The highest BCUT2D eigenvalue weighted by atomic mass is 16.4. The summed E-state index contributed by atoms with van der Waals surface area (Å²) in [6.45, 7) is 1.73. The molecule has 0 aliphatic carbocycles. The van der Waals surface area contributed by atoms with Crippen LogP contribution in [0.15, 0.2) is 38.8 Å². The molecule has 132 valence electrons. The van der Waals surface area contributed by atoms with Gasteiger partial charge in [-0.15, -0.1) is 0 Å². The van der Waals surface area contributed by atoms with Crippen LogP contribution in [0.5, 0.6) is 11.6 Å². The lowest BCUT2D eigenvalue weighted by Crippen LogP contribution is -2.32. The molecule has 0 saturated carbocycles. The minimum absolute atomic E-state index is 0.0260. The van der Waals surface area contributed by atoms with Crippen LogP contribution in [-0.4, -0.2) is 43.1 Å². The number of rotatable bonds is 6. The van der Waals surface area contributed by atoms with Crippen LogP contribution in [0.4, 0.5) is 0 Å². The molecule has 0 radical (unpaired) electrons. The second kappa shape index (κ2) is 7.47. The number of aliphatic carboxylic acids is 1. The van der Waals surface area contributed by atoms with Gasteiger partial charge in [-0.25, -0.2) is 9.59 Å². The number of carbonyl (C=O) groups is 1. The molecular formula is C16H17N3O6. The maximum atomic E-state index is 11.8. The normalized spacial score (nSPS) is 12.4. The third-order valence-electron chi connectivity index (χ3n) is 3.56. The summed E-state index contributed by atoms with van der Waals surface area (Å²) in [7, 11) is 0. The Bertz CT molecular complexity index is 911. The Kier molecular flexibility index (Phi) is 5.38. The van der Waals surface area contributed by atoms with E-state index in [2.05, 4.69) is 4.99 Å². The molecule has 2 rings (SSSR count). The Labute approximate surface area is 141 Å². The number of aromatic hydroxyl groups is 2. The van der Waals surface area contributed by atoms with Gasteiger partial charge < -0.3 is 15.3 Å². The van der Waals surface area contributed by atoms with Crippen molar-refractivity contribution < 1.29 is 20.1 Å². The van der Waals surface area contributed by atoms with E-state index in [0.29, 0.717) is 5.56 Å². The summed E-state index contributed by atoms with van der Waals surface area (Å²) in [5, 5.41) is 28.5. The molecule has 0 aliphatic rings. The number of aromatic amines is 1. The standard InChI is InChI=1S/C16H17N3O6/c1-2-19-14(22)11(13(21)18-16(19)25)8-17-12(15(23)24)7-9-3-5-10(20)6-4-9/h3-6,8,12,20,22H,2,7H2,1H3,(H,23,24)(H,18,21,25)/t12-/m0/s1. The van der Waals surface area contributed by atoms with Crippen molar-refractivity contribution >= 4 is 12.2 Å². The zero-order chi connectivity index (χ0) is 18.6. The van der Waals surface area contributed by atoms with Crippen LogP contribution < -0.4 is 11.2 Å². The lowest BCUT2D eigenvalue weighted by Gasteiger charge is -2.09. The molecule has 0 saturated heterocycles. The van der Waals surface area contributed by atoms with E-state index < -0.39 is 29.1 Å². The first kappa shape index (κ1) is 18.0. The monoisotopic (exact) mass is 347 g/mol. The lowest BCUT2D eigenvalue weighted by atomic mass is 10.1. The van der Waals surface area contributed by atoms with Crippen molar-refractivity contribution in [3.05, 3.63) is 56.2 Å². The Morgan fingerprint density at radius 3 is 2.48 bits per heavy atom. The quantitative estimate of drug-likeness (QED) is 0.545. The van der Waals surface area contributed by atoms with Crippen LogP contribution in [0.3, 0.4) is 0 Å². The van der Waals surface area contributed by atoms with Gasteiger partial charge in [-0.05, 0) is 24.6 Å². The summed E-state index contributed by atoms with van der Waals surface area (Å²) < 4.78 is 0.929. The van der Waals surface area contributed by atoms with E-state index in [1.807, 2.05) is 4.98 Å². The van der Waals surface area contributed by atoms with Crippen molar-refractivity contribution in [3.8, 4) is 11.6 Å². The van der Waals surface area contributed by atoms with E-state index >= 15 is 0 Å². The summed E-state index contributed by atoms with van der Waals surface area (Å²) in [6, 6.07) is 4.76. The number of carboxylic acids is 1. The maximum Gasteiger partial charge on any atom is 0.331 e. The molecule has 9 nitrogen and oxygen atoms in total. The van der Waals surface area contributed by atoms with E-state index in [1.165, 1.54) is 12.1 Å². The lowest BCUT2D eigenvalue weighted by molar-refractivity contribution is -0.138. The molecule has 1 aromatic carbocycles. The van der Waals surface area contributed by atoms with Crippen molar-refractivity contribution in [2.24, 2.45) is 4.99 Å². The Morgan fingerprint density at radius 1 is 1.28 bits per heavy atom. The smallest absolute Gasteiger partial charge is 0.331 e. The summed E-state index contributed by atoms with van der Waals surface area (Å²) in [6.07, 6.45) is 0.969. The van der Waals surface area contributed by atoms with E-state index in [0.717, 1.165) is 10.8 Å². The minimum Gasteiger partial charge on any atom is -0.508 e. The number of nitrogens with one attached hydrogen (secondary N) is 1. The van der Waals surface area contributed by atoms with Gasteiger partial charge in [0.1, 0.15) is 11.3 Å². The number of hydrogen-bond acceptors (Lipinski definition) is 6. The largest absolute Gasteiger partial charge is 0.508 e. The molecule has 25 heavy (non-hydrogen) atoms. The predicted octanol–water partition coefficient (Wildman–Crippen LogP) is 0.0825. The summed E-state index contributed by atoms with van der Waals surface area (Å²) in [5.74, 6) is -1.74. The molecule has 0 bridgehead atoms. The fraction of sp³-hybridized carbons (Fsp3) is 0.250. The molecule has 0 fully saturated rings. The first-order valence-electron chi connectivity index (χ1n) is 7.43. The fourth-order valence-electron chi connectivity index (χ4n) is 2.21. The van der Waals surface area contributed by atoms with Crippen LogP contribution >= 0.6 is 0 Å². The van der Waals surface area contributed by atoms with Crippen molar-refractivity contribution in [2.45, 2.75) is 25.9 Å². The molecule has 1 heterocycles. The van der Waals surface area contributed by atoms with Gasteiger partial charge in [0.15, 0.2) is 6.04 Å². The van der Waals surface area contributed by atoms with Gasteiger partial charge in [0, 0.05) is 19.2 Å². The van der Waals surface area contributed by atoms with Crippen molar-refractivity contribution in [2.75, 3.05) is 0 Å². The van der Waals surface area contributed by atoms with E-state index in [9.17, 15) is 29.7 Å². The Morgan fingerprint density at radius 2 is 1.92 bits per heavy atom. The van der Waals surface area contributed by atoms with Crippen LogP contribution in [0.25, 0.3) is 0 Å². The molecule has 0 unspecified atom stereocenters. The number of nitrogens with zero attached hydrogens (tertiary/aromatic N) is 2. The highest BCUT2D eigenvalue weighted by molar-refractivity contribution is 5.85. The predicted molar refractivity (Wildman–Crippen MR) is 89.5 cm³/mol. The molecule has 0 amide bonds. The first-order valence-corrected chi connectivity index (χ1v) is 7.43. The molecule has 0 aliphatic heterocycles. The number of phenolic OH excluding ortho intramolecular Hbond substituents is 1. The van der Waals surface area contributed by atoms with E-state index in [1.54, 1.807) is 19.1 Å². The second-order valence-electron chi connectivity index (χ2n) is 5.24. The summed E-state index contributed by atoms with van der Waals surface area (Å²) in [5.41, 5.74) is -1.29. The van der Waals surface area contributed by atoms with Gasteiger partial charge in [0.25, 0.3) is 5.56 Å². The third kappa shape index (κ3) is 4.14. The molecule has 1 aromatic heterocycles. The first-order chi connectivity index (χ1) is 11.8. The second-order valence-corrected chi connectivity index (χ2v) is 5.24. The Balaban J connectivity index is 2.34. The van der Waals surface area contributed by atoms with Crippen LogP contribution in [0, 0.1) is 0 Å². The zero-order valence-electron chi connectivity index (χ0n) is 13.3. The molecule has 9 heteroatoms. The van der Waals surface area contributed by atoms with Crippen molar-refractivity contribution in [1.82, 2.24) is 9.55 Å². The van der Waals surface area contributed by atoms with Crippen LogP contribution in [0.1, 0.15) is 18.1 Å². The number of aromatic nitrogens is 2. The third-order valence-corrected chi connectivity index (χ3v) is 3.56.